The van der Waals surface area contributed by atoms with Crippen LogP contribution in [0, 0.1) is 0 Å². The van der Waals surface area contributed by atoms with Gasteiger partial charge in [0.15, 0.2) is 0 Å². The van der Waals surface area contributed by atoms with Crippen molar-refractivity contribution in [3.63, 3.8) is 0 Å². The molecule has 0 aromatic heterocycles. The minimum absolute atomic E-state index is 0.560. The van der Waals surface area contributed by atoms with E-state index in [1.54, 1.807) is 12.1 Å². The Kier molecular flexibility index (Phi) is 1.79. The molecule has 0 saturated heterocycles. The summed E-state index contributed by atoms with van der Waals surface area (Å²) in [7, 11) is -1.39. The van der Waals surface area contributed by atoms with E-state index in [9.17, 15) is 0 Å². The number of benzene rings is 1. The zero-order valence-corrected chi connectivity index (χ0v) is 6.53. The van der Waals surface area contributed by atoms with Crippen molar-refractivity contribution in [2.75, 3.05) is 6.61 Å². The molecule has 1 aliphatic rings. The van der Waals surface area contributed by atoms with Gasteiger partial charge in [-0.1, -0.05) is 12.1 Å². The lowest BCUT2D eigenvalue weighted by atomic mass is 9.76. The van der Waals surface area contributed by atoms with E-state index in [4.69, 9.17) is 14.8 Å². The molecule has 3 nitrogen and oxygen atoms in total. The van der Waals surface area contributed by atoms with Crippen molar-refractivity contribution in [2.45, 2.75) is 6.42 Å². The summed E-state index contributed by atoms with van der Waals surface area (Å²) in [6.07, 6.45) is 0.767. The van der Waals surface area contributed by atoms with Gasteiger partial charge < -0.3 is 14.8 Å². The first-order chi connectivity index (χ1) is 5.79. The summed E-state index contributed by atoms with van der Waals surface area (Å²) in [6, 6.07) is 5.31. The fraction of sp³-hybridized carbons (Fsp3) is 0.250. The average Bonchev–Trinajstić information content (AvgIpc) is 2.49. The largest absolute Gasteiger partial charge is 0.493 e. The summed E-state index contributed by atoms with van der Waals surface area (Å²) in [5, 5.41) is 18.0. The quantitative estimate of drug-likeness (QED) is 0.539. The van der Waals surface area contributed by atoms with Gasteiger partial charge in [-0.2, -0.15) is 0 Å². The van der Waals surface area contributed by atoms with Gasteiger partial charge in [0, 0.05) is 6.42 Å². The number of rotatable bonds is 1. The number of hydrogen-bond acceptors (Lipinski definition) is 3. The normalized spacial score (nSPS) is 13.8. The lowest BCUT2D eigenvalue weighted by Crippen LogP contribution is -2.32. The van der Waals surface area contributed by atoms with E-state index in [-0.39, 0.29) is 0 Å². The van der Waals surface area contributed by atoms with Crippen molar-refractivity contribution in [3.8, 4) is 5.75 Å². The molecule has 1 heterocycles. The first-order valence-electron chi connectivity index (χ1n) is 3.90. The predicted octanol–water partition coefficient (Wildman–Crippen LogP) is -0.699. The van der Waals surface area contributed by atoms with E-state index in [1.165, 1.54) is 0 Å². The molecule has 4 heteroatoms. The predicted molar refractivity (Wildman–Crippen MR) is 45.5 cm³/mol. The first kappa shape index (κ1) is 7.64. The van der Waals surface area contributed by atoms with Crippen molar-refractivity contribution in [3.05, 3.63) is 23.8 Å². The number of ether oxygens (including phenoxy) is 1. The van der Waals surface area contributed by atoms with Crippen LogP contribution in [-0.2, 0) is 6.42 Å². The summed E-state index contributed by atoms with van der Waals surface area (Å²) in [6.45, 7) is 0.638. The molecule has 0 unspecified atom stereocenters. The maximum atomic E-state index is 8.99. The van der Waals surface area contributed by atoms with Gasteiger partial charge in [0.05, 0.1) is 6.61 Å². The highest BCUT2D eigenvalue weighted by atomic mass is 16.5. The molecule has 0 saturated carbocycles. The van der Waals surface area contributed by atoms with Crippen LogP contribution in [-0.4, -0.2) is 23.8 Å². The summed E-state index contributed by atoms with van der Waals surface area (Å²) in [5.74, 6) is 0.778. The van der Waals surface area contributed by atoms with Gasteiger partial charge >= 0.3 is 7.12 Å². The third-order valence-electron chi connectivity index (χ3n) is 2.06. The molecule has 0 bridgehead atoms. The number of hydrogen-bond donors (Lipinski definition) is 2. The zero-order valence-electron chi connectivity index (χ0n) is 6.53. The first-order valence-corrected chi connectivity index (χ1v) is 3.90. The summed E-state index contributed by atoms with van der Waals surface area (Å²) < 4.78 is 5.27. The monoisotopic (exact) mass is 164 g/mol. The van der Waals surface area contributed by atoms with E-state index < -0.39 is 7.12 Å². The van der Waals surface area contributed by atoms with Crippen LogP contribution in [0.4, 0.5) is 0 Å². The Morgan fingerprint density at radius 1 is 1.33 bits per heavy atom. The van der Waals surface area contributed by atoms with Crippen LogP contribution in [0.5, 0.6) is 5.75 Å². The minimum atomic E-state index is -1.39. The Bertz CT molecular complexity index is 298. The Labute approximate surface area is 70.8 Å². The highest BCUT2D eigenvalue weighted by molar-refractivity contribution is 6.59. The third-order valence-corrected chi connectivity index (χ3v) is 2.06. The van der Waals surface area contributed by atoms with Gasteiger partial charge in [0.25, 0.3) is 0 Å². The van der Waals surface area contributed by atoms with E-state index in [0.717, 1.165) is 17.7 Å². The molecule has 2 N–H and O–H groups in total. The molecule has 12 heavy (non-hydrogen) atoms. The second-order valence-electron chi connectivity index (χ2n) is 2.80. The van der Waals surface area contributed by atoms with Crippen LogP contribution in [0.2, 0.25) is 0 Å². The van der Waals surface area contributed by atoms with Crippen molar-refractivity contribution in [2.24, 2.45) is 0 Å². The van der Waals surface area contributed by atoms with Crippen LogP contribution in [0.1, 0.15) is 5.56 Å². The summed E-state index contributed by atoms with van der Waals surface area (Å²) in [4.78, 5) is 0. The van der Waals surface area contributed by atoms with Crippen molar-refractivity contribution < 1.29 is 14.8 Å². The maximum Gasteiger partial charge on any atom is 0.488 e. The topological polar surface area (TPSA) is 49.7 Å². The van der Waals surface area contributed by atoms with Gasteiger partial charge in [-0.25, -0.2) is 0 Å². The highest BCUT2D eigenvalue weighted by Crippen LogP contribution is 2.22. The molecular weight excluding hydrogens is 155 g/mol. The zero-order chi connectivity index (χ0) is 8.55. The van der Waals surface area contributed by atoms with Crippen LogP contribution >= 0.6 is 0 Å². The highest BCUT2D eigenvalue weighted by Gasteiger charge is 2.22. The van der Waals surface area contributed by atoms with E-state index in [1.807, 2.05) is 6.07 Å². The van der Waals surface area contributed by atoms with E-state index in [2.05, 4.69) is 0 Å². The molecule has 0 aliphatic carbocycles. The summed E-state index contributed by atoms with van der Waals surface area (Å²) in [5.41, 5.74) is 1.48. The second kappa shape index (κ2) is 2.81. The molecule has 1 aliphatic heterocycles. The van der Waals surface area contributed by atoms with Crippen LogP contribution in [0.3, 0.4) is 0 Å². The van der Waals surface area contributed by atoms with Crippen LogP contribution < -0.4 is 10.2 Å². The maximum absolute atomic E-state index is 8.99. The Morgan fingerprint density at radius 3 is 2.92 bits per heavy atom. The second-order valence-corrected chi connectivity index (χ2v) is 2.80. The Hall–Kier alpha value is -0.995. The standard InChI is InChI=1S/C8H9BO3/c10-9(11)7-2-1-3-8-6(7)4-5-12-8/h1-3,10-11H,4-5H2. The van der Waals surface area contributed by atoms with Crippen LogP contribution in [0.25, 0.3) is 0 Å². The van der Waals surface area contributed by atoms with Crippen molar-refractivity contribution in [1.29, 1.82) is 0 Å². The summed E-state index contributed by atoms with van der Waals surface area (Å²) >= 11 is 0. The van der Waals surface area contributed by atoms with Gasteiger partial charge in [0.2, 0.25) is 0 Å². The minimum Gasteiger partial charge on any atom is -0.493 e. The molecule has 0 fully saturated rings. The van der Waals surface area contributed by atoms with E-state index >= 15 is 0 Å². The molecule has 0 radical (unpaired) electrons. The van der Waals surface area contributed by atoms with Gasteiger partial charge in [-0.05, 0) is 17.1 Å². The fourth-order valence-electron chi connectivity index (χ4n) is 1.49. The molecule has 62 valence electrons. The molecule has 1 aromatic carbocycles. The van der Waals surface area contributed by atoms with Crippen LogP contribution in [0.15, 0.2) is 18.2 Å². The lowest BCUT2D eigenvalue weighted by Gasteiger charge is -2.04. The van der Waals surface area contributed by atoms with Crippen molar-refractivity contribution >= 4 is 12.6 Å². The molecule has 2 rings (SSSR count). The van der Waals surface area contributed by atoms with E-state index in [0.29, 0.717) is 12.1 Å². The van der Waals surface area contributed by atoms with Crippen molar-refractivity contribution in [1.82, 2.24) is 0 Å². The SMILES string of the molecule is OB(O)c1cccc2c1CCO2. The van der Waals surface area contributed by atoms with Gasteiger partial charge in [-0.3, -0.25) is 0 Å². The molecule has 0 atom stereocenters. The van der Waals surface area contributed by atoms with Gasteiger partial charge in [-0.15, -0.1) is 0 Å². The smallest absolute Gasteiger partial charge is 0.488 e. The van der Waals surface area contributed by atoms with Gasteiger partial charge in [0.1, 0.15) is 5.75 Å². The Balaban J connectivity index is 2.49. The molecule has 0 spiro atoms. The molecular formula is C8H9BO3. The fourth-order valence-corrected chi connectivity index (χ4v) is 1.49. The lowest BCUT2D eigenvalue weighted by molar-refractivity contribution is 0.357. The number of fused-ring (bicyclic) bond motifs is 1. The molecule has 1 aromatic rings. The Morgan fingerprint density at radius 2 is 2.17 bits per heavy atom. The molecule has 0 amide bonds. The average molecular weight is 164 g/mol. The third kappa shape index (κ3) is 1.09.